The third-order valence-corrected chi connectivity index (χ3v) is 8.81. The molecular weight excluding hydrogens is 443 g/mol. The smallest absolute Gasteiger partial charge is 0.368 e. The number of sulfonamides is 1. The largest absolute Gasteiger partial charge is 0.476 e. The molecule has 0 saturated heterocycles. The number of halogens is 1. The maximum Gasteiger partial charge on any atom is 0.368 e. The first-order valence-corrected chi connectivity index (χ1v) is 12.9. The lowest BCUT2D eigenvalue weighted by molar-refractivity contribution is -0.134. The number of aliphatic carboxylic acids is 1. The summed E-state index contributed by atoms with van der Waals surface area (Å²) in [4.78, 5) is 13.6. The van der Waals surface area contributed by atoms with Gasteiger partial charge in [-0.3, -0.25) is 0 Å². The standard InChI is InChI=1S/C21H29FN2O5S2/c1-5-6-7-14-12-24(21(2)8-9-21)16-10-18(30-4)17(29-13-15(22)20(25)26)11-19(16)31(27,28)23(14)3/h10-11,13-14H,5-9,12H2,1-4H3,(H,25,26)/b15-13-/t14-/m1/s1. The molecule has 7 nitrogen and oxygen atoms in total. The third-order valence-electron chi connectivity index (χ3n) is 6.11. The molecule has 1 saturated carbocycles. The van der Waals surface area contributed by atoms with E-state index in [0.29, 0.717) is 23.4 Å². The SMILES string of the molecule is CCCC[C@@H]1CN(C2(C)CC2)c2cc(SC)c(O/C=C(\F)C(=O)O)cc2S(=O)(=O)N1C. The van der Waals surface area contributed by atoms with Crippen molar-refractivity contribution in [2.24, 2.45) is 0 Å². The lowest BCUT2D eigenvalue weighted by atomic mass is 10.1. The van der Waals surface area contributed by atoms with Crippen molar-refractivity contribution in [2.75, 3.05) is 24.7 Å². The van der Waals surface area contributed by atoms with E-state index in [1.54, 1.807) is 19.4 Å². The second-order valence-corrected chi connectivity index (χ2v) is 11.1. The van der Waals surface area contributed by atoms with Crippen LogP contribution in [0.2, 0.25) is 0 Å². The van der Waals surface area contributed by atoms with Gasteiger partial charge in [0.1, 0.15) is 16.9 Å². The number of fused-ring (bicyclic) bond motifs is 1. The number of hydrogen-bond donors (Lipinski definition) is 1. The van der Waals surface area contributed by atoms with Gasteiger partial charge in [0.05, 0.1) is 10.6 Å². The molecule has 1 aliphatic carbocycles. The van der Waals surface area contributed by atoms with Crippen LogP contribution in [-0.4, -0.2) is 55.2 Å². The van der Waals surface area contributed by atoms with Gasteiger partial charge in [-0.15, -0.1) is 11.8 Å². The number of unbranched alkanes of at least 4 members (excludes halogenated alkanes) is 1. The van der Waals surface area contributed by atoms with Crippen LogP contribution in [0.5, 0.6) is 5.75 Å². The molecule has 0 spiro atoms. The predicted molar refractivity (Wildman–Crippen MR) is 119 cm³/mol. The van der Waals surface area contributed by atoms with Gasteiger partial charge in [-0.05, 0) is 38.5 Å². The van der Waals surface area contributed by atoms with Gasteiger partial charge in [0.2, 0.25) is 15.9 Å². The van der Waals surface area contributed by atoms with E-state index in [9.17, 15) is 17.6 Å². The highest BCUT2D eigenvalue weighted by atomic mass is 32.2. The fourth-order valence-electron chi connectivity index (χ4n) is 3.82. The number of ether oxygens (including phenoxy) is 1. The van der Waals surface area contributed by atoms with Crippen LogP contribution in [0, 0.1) is 0 Å². The lowest BCUT2D eigenvalue weighted by Gasteiger charge is -2.34. The number of carbonyl (C=O) groups is 1. The van der Waals surface area contributed by atoms with Gasteiger partial charge in [0.25, 0.3) is 0 Å². The van der Waals surface area contributed by atoms with Crippen molar-refractivity contribution in [3.63, 3.8) is 0 Å². The van der Waals surface area contributed by atoms with Gasteiger partial charge in [-0.2, -0.15) is 8.70 Å². The van der Waals surface area contributed by atoms with E-state index in [2.05, 4.69) is 18.7 Å². The Labute approximate surface area is 187 Å². The summed E-state index contributed by atoms with van der Waals surface area (Å²) in [5.41, 5.74) is 0.512. The van der Waals surface area contributed by atoms with Crippen LogP contribution in [0.15, 0.2) is 34.0 Å². The van der Waals surface area contributed by atoms with Crippen LogP contribution in [0.25, 0.3) is 0 Å². The van der Waals surface area contributed by atoms with Crippen molar-refractivity contribution in [3.8, 4) is 5.75 Å². The first kappa shape index (κ1) is 23.9. The Morgan fingerprint density at radius 2 is 2.10 bits per heavy atom. The molecule has 31 heavy (non-hydrogen) atoms. The summed E-state index contributed by atoms with van der Waals surface area (Å²) in [6, 6.07) is 2.99. The molecule has 1 aliphatic heterocycles. The van der Waals surface area contributed by atoms with Gasteiger partial charge in [-0.25, -0.2) is 13.2 Å². The summed E-state index contributed by atoms with van der Waals surface area (Å²) >= 11 is 1.32. The number of benzene rings is 1. The molecule has 1 fully saturated rings. The second kappa shape index (κ2) is 8.99. The summed E-state index contributed by atoms with van der Waals surface area (Å²) in [6.07, 6.45) is 6.92. The molecule has 0 amide bonds. The Hall–Kier alpha value is -1.78. The van der Waals surface area contributed by atoms with Crippen LogP contribution in [-0.2, 0) is 14.8 Å². The van der Waals surface area contributed by atoms with E-state index in [-0.39, 0.29) is 22.2 Å². The Bertz CT molecular complexity index is 992. The van der Waals surface area contributed by atoms with E-state index < -0.39 is 21.8 Å². The molecular formula is C21H29FN2O5S2. The number of nitrogens with zero attached hydrogens (tertiary/aromatic N) is 2. The Balaban J connectivity index is 2.15. The van der Waals surface area contributed by atoms with Gasteiger partial charge < -0.3 is 14.7 Å². The van der Waals surface area contributed by atoms with Gasteiger partial charge in [-0.1, -0.05) is 19.8 Å². The predicted octanol–water partition coefficient (Wildman–Crippen LogP) is 4.23. The van der Waals surface area contributed by atoms with Gasteiger partial charge >= 0.3 is 5.97 Å². The molecule has 1 atom stereocenters. The summed E-state index contributed by atoms with van der Waals surface area (Å²) < 4.78 is 47.2. The Kier molecular flexibility index (Phi) is 6.93. The molecule has 2 aliphatic rings. The highest BCUT2D eigenvalue weighted by molar-refractivity contribution is 7.98. The molecule has 3 rings (SSSR count). The minimum Gasteiger partial charge on any atom is -0.476 e. The summed E-state index contributed by atoms with van der Waals surface area (Å²) in [5.74, 6) is -3.11. The van der Waals surface area contributed by atoms with Crippen molar-refractivity contribution in [1.29, 1.82) is 0 Å². The first-order chi connectivity index (χ1) is 14.5. The van der Waals surface area contributed by atoms with E-state index in [1.165, 1.54) is 22.1 Å². The molecule has 0 radical (unpaired) electrons. The summed E-state index contributed by atoms with van der Waals surface area (Å²) in [5, 5.41) is 8.73. The number of hydrogen-bond acceptors (Lipinski definition) is 6. The maximum atomic E-state index is 13.5. The zero-order valence-electron chi connectivity index (χ0n) is 18.2. The zero-order chi connectivity index (χ0) is 23.0. The fraction of sp³-hybridized carbons (Fsp3) is 0.571. The van der Waals surface area contributed by atoms with Crippen LogP contribution < -0.4 is 9.64 Å². The van der Waals surface area contributed by atoms with Crippen LogP contribution in [0.4, 0.5) is 10.1 Å². The summed E-state index contributed by atoms with van der Waals surface area (Å²) in [6.45, 7) is 4.82. The van der Waals surface area contributed by atoms with Crippen LogP contribution in [0.3, 0.4) is 0 Å². The summed E-state index contributed by atoms with van der Waals surface area (Å²) in [7, 11) is -2.23. The molecule has 0 unspecified atom stereocenters. The van der Waals surface area contributed by atoms with E-state index >= 15 is 0 Å². The number of anilines is 1. The van der Waals surface area contributed by atoms with Crippen LogP contribution in [0.1, 0.15) is 46.0 Å². The fourth-order valence-corrected chi connectivity index (χ4v) is 5.92. The van der Waals surface area contributed by atoms with Crippen molar-refractivity contribution in [3.05, 3.63) is 24.2 Å². The zero-order valence-corrected chi connectivity index (χ0v) is 19.9. The first-order valence-electron chi connectivity index (χ1n) is 10.3. The second-order valence-electron chi connectivity index (χ2n) is 8.28. The molecule has 0 bridgehead atoms. The van der Waals surface area contributed by atoms with E-state index in [1.807, 2.05) is 0 Å². The van der Waals surface area contributed by atoms with Gasteiger partial charge in [0, 0.05) is 31.2 Å². The Morgan fingerprint density at radius 1 is 1.42 bits per heavy atom. The maximum absolute atomic E-state index is 13.5. The average molecular weight is 473 g/mol. The van der Waals surface area contributed by atoms with Crippen molar-refractivity contribution in [1.82, 2.24) is 4.31 Å². The van der Waals surface area contributed by atoms with Crippen molar-refractivity contribution in [2.45, 2.75) is 67.3 Å². The normalized spacial score (nSPS) is 22.5. The molecule has 0 aromatic heterocycles. The Morgan fingerprint density at radius 3 is 2.65 bits per heavy atom. The molecule has 1 aromatic carbocycles. The molecule has 1 N–H and O–H groups in total. The average Bonchev–Trinajstić information content (AvgIpc) is 3.49. The molecule has 10 heteroatoms. The molecule has 1 aromatic rings. The third kappa shape index (κ3) is 4.70. The monoisotopic (exact) mass is 472 g/mol. The number of likely N-dealkylation sites (N-methyl/N-ethyl adjacent to an activating group) is 1. The van der Waals surface area contributed by atoms with E-state index in [0.717, 1.165) is 32.1 Å². The number of carboxylic acid groups (broad SMARTS) is 1. The minimum atomic E-state index is -3.83. The van der Waals surface area contributed by atoms with Crippen LogP contribution >= 0.6 is 11.8 Å². The molecule has 1 heterocycles. The number of carboxylic acids is 1. The highest BCUT2D eigenvalue weighted by Crippen LogP contribution is 2.49. The van der Waals surface area contributed by atoms with E-state index in [4.69, 9.17) is 9.84 Å². The van der Waals surface area contributed by atoms with Crippen molar-refractivity contribution < 1.29 is 27.4 Å². The highest BCUT2D eigenvalue weighted by Gasteiger charge is 2.48. The lowest BCUT2D eigenvalue weighted by Crippen LogP contribution is -2.45. The van der Waals surface area contributed by atoms with Crippen molar-refractivity contribution >= 4 is 33.4 Å². The van der Waals surface area contributed by atoms with Gasteiger partial charge in [0.15, 0.2) is 0 Å². The number of rotatable bonds is 8. The molecule has 172 valence electrons. The minimum absolute atomic E-state index is 0.0963. The number of thioether (sulfide) groups is 1. The quantitative estimate of drug-likeness (QED) is 0.344. The topological polar surface area (TPSA) is 87.1 Å².